The molecule has 0 spiro atoms. The minimum atomic E-state index is 0.0480. The summed E-state index contributed by atoms with van der Waals surface area (Å²) in [6, 6.07) is 10.9. The van der Waals surface area contributed by atoms with Gasteiger partial charge in [0.2, 0.25) is 0 Å². The van der Waals surface area contributed by atoms with Gasteiger partial charge in [0, 0.05) is 30.2 Å². The maximum atomic E-state index is 12.2. The largest absolute Gasteiger partial charge is 0.468 e. The number of halogens is 1. The Kier molecular flexibility index (Phi) is 6.04. The average molecular weight is 349 g/mol. The first-order chi connectivity index (χ1) is 11.7. The van der Waals surface area contributed by atoms with Crippen molar-refractivity contribution in [1.82, 2.24) is 10.2 Å². The predicted octanol–water partition coefficient (Wildman–Crippen LogP) is 2.78. The van der Waals surface area contributed by atoms with Gasteiger partial charge in [-0.15, -0.1) is 0 Å². The fourth-order valence-electron chi connectivity index (χ4n) is 2.84. The lowest BCUT2D eigenvalue weighted by Gasteiger charge is -2.33. The zero-order chi connectivity index (χ0) is 16.8. The molecule has 2 heterocycles. The highest BCUT2D eigenvalue weighted by atomic mass is 35.5. The van der Waals surface area contributed by atoms with Crippen LogP contribution in [0.4, 0.5) is 0 Å². The summed E-state index contributed by atoms with van der Waals surface area (Å²) >= 11 is 5.85. The van der Waals surface area contributed by atoms with Crippen molar-refractivity contribution in [3.63, 3.8) is 0 Å². The van der Waals surface area contributed by atoms with E-state index in [0.717, 1.165) is 32.1 Å². The van der Waals surface area contributed by atoms with Crippen molar-refractivity contribution >= 4 is 17.4 Å². The van der Waals surface area contributed by atoms with Gasteiger partial charge in [0.05, 0.1) is 32.1 Å². The van der Waals surface area contributed by atoms with Gasteiger partial charge in [-0.3, -0.25) is 9.69 Å². The number of Topliss-reactive ketones (excluding diaryl/α,β-unsaturated/α-hetero) is 1. The fraction of sp³-hybridized carbons (Fsp3) is 0.389. The molecule has 1 aliphatic rings. The molecule has 1 aliphatic heterocycles. The number of hydrogen-bond donors (Lipinski definition) is 1. The number of ether oxygens (including phenoxy) is 1. The van der Waals surface area contributed by atoms with Crippen LogP contribution >= 0.6 is 11.6 Å². The lowest BCUT2D eigenvalue weighted by atomic mass is 10.1. The van der Waals surface area contributed by atoms with E-state index in [1.54, 1.807) is 30.5 Å². The Morgan fingerprint density at radius 2 is 1.96 bits per heavy atom. The molecule has 1 aromatic carbocycles. The lowest BCUT2D eigenvalue weighted by molar-refractivity contribution is 0.0118. The first-order valence-corrected chi connectivity index (χ1v) is 8.46. The molecule has 5 nitrogen and oxygen atoms in total. The van der Waals surface area contributed by atoms with Gasteiger partial charge in [0.15, 0.2) is 5.78 Å². The maximum absolute atomic E-state index is 12.2. The van der Waals surface area contributed by atoms with E-state index < -0.39 is 0 Å². The van der Waals surface area contributed by atoms with Crippen molar-refractivity contribution in [3.8, 4) is 0 Å². The molecule has 1 atom stereocenters. The quantitative estimate of drug-likeness (QED) is 0.780. The minimum Gasteiger partial charge on any atom is -0.468 e. The minimum absolute atomic E-state index is 0.0480. The monoisotopic (exact) mass is 348 g/mol. The van der Waals surface area contributed by atoms with E-state index in [2.05, 4.69) is 10.2 Å². The van der Waals surface area contributed by atoms with Crippen molar-refractivity contribution in [2.45, 2.75) is 6.04 Å². The molecule has 2 aromatic rings. The molecule has 0 bridgehead atoms. The predicted molar refractivity (Wildman–Crippen MR) is 92.5 cm³/mol. The lowest BCUT2D eigenvalue weighted by Crippen LogP contribution is -2.43. The summed E-state index contributed by atoms with van der Waals surface area (Å²) in [7, 11) is 0. The second kappa shape index (κ2) is 8.44. The second-order valence-electron chi connectivity index (χ2n) is 5.74. The van der Waals surface area contributed by atoms with Crippen molar-refractivity contribution in [1.29, 1.82) is 0 Å². The van der Waals surface area contributed by atoms with Gasteiger partial charge in [-0.1, -0.05) is 11.6 Å². The summed E-state index contributed by atoms with van der Waals surface area (Å²) < 4.78 is 11.0. The van der Waals surface area contributed by atoms with Crippen LogP contribution in [0.25, 0.3) is 0 Å². The molecule has 6 heteroatoms. The number of nitrogens with zero attached hydrogens (tertiary/aromatic N) is 1. The van der Waals surface area contributed by atoms with Crippen molar-refractivity contribution < 1.29 is 13.9 Å². The molecule has 1 N–H and O–H groups in total. The number of rotatable bonds is 7. The third-order valence-corrected chi connectivity index (χ3v) is 4.40. The van der Waals surface area contributed by atoms with Gasteiger partial charge in [0.25, 0.3) is 0 Å². The van der Waals surface area contributed by atoms with Crippen LogP contribution in [0.1, 0.15) is 22.2 Å². The van der Waals surface area contributed by atoms with Crippen LogP contribution in [-0.4, -0.2) is 50.1 Å². The number of benzene rings is 1. The molecule has 0 saturated carbocycles. The van der Waals surface area contributed by atoms with Crippen LogP contribution in [0.5, 0.6) is 0 Å². The summed E-state index contributed by atoms with van der Waals surface area (Å²) in [5, 5.41) is 3.89. The molecule has 1 aromatic heterocycles. The molecule has 1 saturated heterocycles. The zero-order valence-electron chi connectivity index (χ0n) is 13.4. The van der Waals surface area contributed by atoms with E-state index >= 15 is 0 Å². The SMILES string of the molecule is O=C(CNCC(c1ccco1)N1CCOCC1)c1ccc(Cl)cc1. The first-order valence-electron chi connectivity index (χ1n) is 8.09. The topological polar surface area (TPSA) is 54.7 Å². The van der Waals surface area contributed by atoms with Gasteiger partial charge < -0.3 is 14.5 Å². The standard InChI is InChI=1S/C18H21ClN2O3/c19-15-5-3-14(4-6-15)17(22)13-20-12-16(18-2-1-9-24-18)21-7-10-23-11-8-21/h1-6,9,16,20H,7-8,10-13H2. The third-order valence-electron chi connectivity index (χ3n) is 4.15. The summed E-state index contributed by atoms with van der Waals surface area (Å²) in [5.74, 6) is 0.954. The Bertz CT molecular complexity index is 637. The highest BCUT2D eigenvalue weighted by Gasteiger charge is 2.24. The Morgan fingerprint density at radius 3 is 2.62 bits per heavy atom. The smallest absolute Gasteiger partial charge is 0.176 e. The zero-order valence-corrected chi connectivity index (χ0v) is 14.2. The number of morpholine rings is 1. The van der Waals surface area contributed by atoms with Crippen LogP contribution in [0.3, 0.4) is 0 Å². The Balaban J connectivity index is 1.57. The van der Waals surface area contributed by atoms with Gasteiger partial charge >= 0.3 is 0 Å². The number of nitrogens with one attached hydrogen (secondary N) is 1. The van der Waals surface area contributed by atoms with E-state index in [9.17, 15) is 4.79 Å². The highest BCUT2D eigenvalue weighted by molar-refractivity contribution is 6.30. The Hall–Kier alpha value is -1.66. The number of ketones is 1. The molecular weight excluding hydrogens is 328 g/mol. The molecule has 3 rings (SSSR count). The van der Waals surface area contributed by atoms with Crippen molar-refractivity contribution in [2.75, 3.05) is 39.4 Å². The van der Waals surface area contributed by atoms with Crippen molar-refractivity contribution in [2.24, 2.45) is 0 Å². The molecular formula is C18H21ClN2O3. The number of carbonyl (C=O) groups is 1. The van der Waals surface area contributed by atoms with Gasteiger partial charge in [-0.2, -0.15) is 0 Å². The number of carbonyl (C=O) groups excluding carboxylic acids is 1. The summed E-state index contributed by atoms with van der Waals surface area (Å²) in [6.07, 6.45) is 1.68. The molecule has 1 fully saturated rings. The van der Waals surface area contributed by atoms with E-state index in [0.29, 0.717) is 17.1 Å². The molecule has 0 aliphatic carbocycles. The highest BCUT2D eigenvalue weighted by Crippen LogP contribution is 2.21. The van der Waals surface area contributed by atoms with Gasteiger partial charge in [-0.05, 0) is 36.4 Å². The molecule has 1 unspecified atom stereocenters. The maximum Gasteiger partial charge on any atom is 0.176 e. The Morgan fingerprint density at radius 1 is 1.21 bits per heavy atom. The van der Waals surface area contributed by atoms with Crippen LogP contribution in [0.15, 0.2) is 47.1 Å². The molecule has 24 heavy (non-hydrogen) atoms. The van der Waals surface area contributed by atoms with Gasteiger partial charge in [-0.25, -0.2) is 0 Å². The van der Waals surface area contributed by atoms with E-state index in [-0.39, 0.29) is 18.4 Å². The average Bonchev–Trinajstić information content (AvgIpc) is 3.14. The summed E-state index contributed by atoms with van der Waals surface area (Å²) in [5.41, 5.74) is 0.660. The van der Waals surface area contributed by atoms with Crippen molar-refractivity contribution in [3.05, 3.63) is 59.0 Å². The molecule has 128 valence electrons. The summed E-state index contributed by atoms with van der Waals surface area (Å²) in [6.45, 7) is 4.09. The summed E-state index contributed by atoms with van der Waals surface area (Å²) in [4.78, 5) is 14.6. The normalized spacial score (nSPS) is 16.9. The molecule has 0 amide bonds. The number of furan rings is 1. The van der Waals surface area contributed by atoms with Gasteiger partial charge in [0.1, 0.15) is 5.76 Å². The van der Waals surface area contributed by atoms with E-state index in [1.165, 1.54) is 0 Å². The van der Waals surface area contributed by atoms with Crippen LogP contribution in [0, 0.1) is 0 Å². The third kappa shape index (κ3) is 4.45. The van der Waals surface area contributed by atoms with Crippen LogP contribution in [0.2, 0.25) is 5.02 Å². The number of hydrogen-bond acceptors (Lipinski definition) is 5. The Labute approximate surface area is 146 Å². The second-order valence-corrected chi connectivity index (χ2v) is 6.18. The van der Waals surface area contributed by atoms with Crippen LogP contribution < -0.4 is 5.32 Å². The van der Waals surface area contributed by atoms with E-state index in [4.69, 9.17) is 20.8 Å². The molecule has 0 radical (unpaired) electrons. The van der Waals surface area contributed by atoms with Crippen LogP contribution in [-0.2, 0) is 4.74 Å². The first kappa shape index (κ1) is 17.2. The fourth-order valence-corrected chi connectivity index (χ4v) is 2.97. The van der Waals surface area contributed by atoms with E-state index in [1.807, 2.05) is 12.1 Å².